The van der Waals surface area contributed by atoms with Crippen molar-refractivity contribution in [3.8, 4) is 0 Å². The van der Waals surface area contributed by atoms with E-state index in [1.54, 1.807) is 6.20 Å². The maximum absolute atomic E-state index is 4.23. The first-order chi connectivity index (χ1) is 6.77. The third kappa shape index (κ3) is 1.71. The highest BCUT2D eigenvalue weighted by molar-refractivity contribution is 5.34. The Balaban J connectivity index is 2.17. The summed E-state index contributed by atoms with van der Waals surface area (Å²) >= 11 is 0. The Labute approximate surface area is 84.2 Å². The Morgan fingerprint density at radius 2 is 2.36 bits per heavy atom. The Hall–Kier alpha value is -1.51. The van der Waals surface area contributed by atoms with Crippen molar-refractivity contribution in [2.45, 2.75) is 12.8 Å². The van der Waals surface area contributed by atoms with Crippen LogP contribution in [0.1, 0.15) is 12.2 Å². The average Bonchev–Trinajstić information content (AvgIpc) is 2.75. The van der Waals surface area contributed by atoms with Crippen molar-refractivity contribution in [1.82, 2.24) is 14.9 Å². The molecule has 0 radical (unpaired) electrons. The first-order valence-corrected chi connectivity index (χ1v) is 4.81. The molecule has 1 aromatic rings. The summed E-state index contributed by atoms with van der Waals surface area (Å²) < 4.78 is 0. The van der Waals surface area contributed by atoms with E-state index in [1.165, 1.54) is 11.3 Å². The third-order valence-electron chi connectivity index (χ3n) is 2.45. The predicted molar refractivity (Wildman–Crippen MR) is 56.8 cm³/mol. The third-order valence-corrected chi connectivity index (χ3v) is 2.45. The van der Waals surface area contributed by atoms with Crippen LogP contribution in [0.5, 0.6) is 0 Å². The zero-order chi connectivity index (χ0) is 9.97. The molecular formula is C11H15N3. The molecule has 0 unspecified atom stereocenters. The maximum Gasteiger partial charge on any atom is 0.110 e. The van der Waals surface area contributed by atoms with Crippen LogP contribution in [0.3, 0.4) is 0 Å². The highest BCUT2D eigenvalue weighted by Gasteiger charge is 2.11. The lowest BCUT2D eigenvalue weighted by Crippen LogP contribution is -2.11. The number of hydrogen-bond donors (Lipinski definition) is 1. The molecule has 0 fully saturated rings. The normalized spacial score (nSPS) is 15.3. The average molecular weight is 189 g/mol. The Morgan fingerprint density at radius 3 is 3.00 bits per heavy atom. The lowest BCUT2D eigenvalue weighted by Gasteiger charge is -2.16. The van der Waals surface area contributed by atoms with Gasteiger partial charge in [0.15, 0.2) is 0 Å². The van der Waals surface area contributed by atoms with Gasteiger partial charge in [-0.25, -0.2) is 4.98 Å². The van der Waals surface area contributed by atoms with Crippen LogP contribution in [0.25, 0.3) is 0 Å². The molecule has 0 spiro atoms. The fourth-order valence-corrected chi connectivity index (χ4v) is 1.75. The summed E-state index contributed by atoms with van der Waals surface area (Å²) in [5.41, 5.74) is 2.76. The smallest absolute Gasteiger partial charge is 0.110 e. The van der Waals surface area contributed by atoms with Gasteiger partial charge in [0.05, 0.1) is 0 Å². The molecule has 0 aliphatic heterocycles. The van der Waals surface area contributed by atoms with E-state index in [1.807, 2.05) is 6.20 Å². The quantitative estimate of drug-likeness (QED) is 0.785. The monoisotopic (exact) mass is 189 g/mol. The van der Waals surface area contributed by atoms with Gasteiger partial charge in [0.2, 0.25) is 0 Å². The zero-order valence-electron chi connectivity index (χ0n) is 8.62. The van der Waals surface area contributed by atoms with Crippen LogP contribution < -0.4 is 0 Å². The van der Waals surface area contributed by atoms with Gasteiger partial charge in [0, 0.05) is 45.0 Å². The highest BCUT2D eigenvalue weighted by atomic mass is 15.1. The van der Waals surface area contributed by atoms with Gasteiger partial charge in [-0.05, 0) is 5.57 Å². The molecule has 0 saturated carbocycles. The SMILES string of the molecule is CN(C)C1=C(Cc2ncc[nH]2)C=CC1. The summed E-state index contributed by atoms with van der Waals surface area (Å²) in [6.07, 6.45) is 10.00. The summed E-state index contributed by atoms with van der Waals surface area (Å²) in [6.45, 7) is 0. The largest absolute Gasteiger partial charge is 0.380 e. The summed E-state index contributed by atoms with van der Waals surface area (Å²) in [4.78, 5) is 9.54. The molecule has 3 heteroatoms. The number of allylic oxidation sites excluding steroid dienone is 3. The van der Waals surface area contributed by atoms with Crippen molar-refractivity contribution >= 4 is 0 Å². The number of imidazole rings is 1. The van der Waals surface area contributed by atoms with Crippen molar-refractivity contribution in [3.63, 3.8) is 0 Å². The molecule has 0 saturated heterocycles. The molecule has 1 aliphatic rings. The molecule has 1 aromatic heterocycles. The Morgan fingerprint density at radius 1 is 1.50 bits per heavy atom. The van der Waals surface area contributed by atoms with E-state index < -0.39 is 0 Å². The van der Waals surface area contributed by atoms with Crippen LogP contribution in [-0.2, 0) is 6.42 Å². The topological polar surface area (TPSA) is 31.9 Å². The van der Waals surface area contributed by atoms with Crippen molar-refractivity contribution in [2.75, 3.05) is 14.1 Å². The van der Waals surface area contributed by atoms with E-state index in [4.69, 9.17) is 0 Å². The van der Waals surface area contributed by atoms with Crippen LogP contribution in [0.4, 0.5) is 0 Å². The van der Waals surface area contributed by atoms with Crippen LogP contribution in [0, 0.1) is 0 Å². The van der Waals surface area contributed by atoms with E-state index in [0.717, 1.165) is 18.7 Å². The van der Waals surface area contributed by atoms with Gasteiger partial charge in [0.25, 0.3) is 0 Å². The van der Waals surface area contributed by atoms with Crippen molar-refractivity contribution in [3.05, 3.63) is 41.6 Å². The van der Waals surface area contributed by atoms with Crippen molar-refractivity contribution in [2.24, 2.45) is 0 Å². The van der Waals surface area contributed by atoms with Crippen LogP contribution in [0.2, 0.25) is 0 Å². The van der Waals surface area contributed by atoms with Gasteiger partial charge in [-0.15, -0.1) is 0 Å². The number of hydrogen-bond acceptors (Lipinski definition) is 2. The summed E-state index contributed by atoms with van der Waals surface area (Å²) in [7, 11) is 4.18. The van der Waals surface area contributed by atoms with Crippen LogP contribution in [0.15, 0.2) is 35.8 Å². The molecule has 1 N–H and O–H groups in total. The van der Waals surface area contributed by atoms with Gasteiger partial charge in [0.1, 0.15) is 5.82 Å². The van der Waals surface area contributed by atoms with Crippen molar-refractivity contribution < 1.29 is 0 Å². The van der Waals surface area contributed by atoms with Crippen LogP contribution >= 0.6 is 0 Å². The fraction of sp³-hybridized carbons (Fsp3) is 0.364. The molecule has 3 nitrogen and oxygen atoms in total. The van der Waals surface area contributed by atoms with E-state index in [2.05, 4.69) is 41.1 Å². The molecular weight excluding hydrogens is 174 g/mol. The number of nitrogens with zero attached hydrogens (tertiary/aromatic N) is 2. The summed E-state index contributed by atoms with van der Waals surface area (Å²) in [5.74, 6) is 1.03. The molecule has 0 atom stereocenters. The number of aromatic nitrogens is 2. The number of aromatic amines is 1. The van der Waals surface area contributed by atoms with Gasteiger partial charge in [-0.1, -0.05) is 12.2 Å². The lowest BCUT2D eigenvalue weighted by molar-refractivity contribution is 0.498. The fourth-order valence-electron chi connectivity index (χ4n) is 1.75. The molecule has 1 aliphatic carbocycles. The number of H-pyrrole nitrogens is 1. The predicted octanol–water partition coefficient (Wildman–Crippen LogP) is 1.73. The van der Waals surface area contributed by atoms with E-state index in [9.17, 15) is 0 Å². The second-order valence-electron chi connectivity index (χ2n) is 3.69. The van der Waals surface area contributed by atoms with Gasteiger partial charge < -0.3 is 9.88 Å². The molecule has 0 bridgehead atoms. The van der Waals surface area contributed by atoms with E-state index in [-0.39, 0.29) is 0 Å². The minimum atomic E-state index is 0.900. The van der Waals surface area contributed by atoms with Crippen LogP contribution in [-0.4, -0.2) is 29.0 Å². The minimum absolute atomic E-state index is 0.900. The molecule has 0 amide bonds. The standard InChI is InChI=1S/C11H15N3/c1-14(2)10-5-3-4-9(10)8-11-12-6-7-13-11/h3-4,6-7H,5,8H2,1-2H3,(H,12,13). The zero-order valence-corrected chi connectivity index (χ0v) is 8.62. The Kier molecular flexibility index (Phi) is 2.39. The first kappa shape index (κ1) is 9.06. The molecule has 74 valence electrons. The first-order valence-electron chi connectivity index (χ1n) is 4.81. The van der Waals surface area contributed by atoms with E-state index in [0.29, 0.717) is 0 Å². The second kappa shape index (κ2) is 3.70. The Bertz CT molecular complexity index is 358. The van der Waals surface area contributed by atoms with Gasteiger partial charge in [-0.2, -0.15) is 0 Å². The second-order valence-corrected chi connectivity index (χ2v) is 3.69. The molecule has 14 heavy (non-hydrogen) atoms. The summed E-state index contributed by atoms with van der Waals surface area (Å²) in [6, 6.07) is 0. The summed E-state index contributed by atoms with van der Waals surface area (Å²) in [5, 5.41) is 0. The van der Waals surface area contributed by atoms with E-state index >= 15 is 0 Å². The highest BCUT2D eigenvalue weighted by Crippen LogP contribution is 2.22. The molecule has 1 heterocycles. The molecule has 2 rings (SSSR count). The minimum Gasteiger partial charge on any atom is -0.380 e. The molecule has 0 aromatic carbocycles. The van der Waals surface area contributed by atoms with Crippen molar-refractivity contribution in [1.29, 1.82) is 0 Å². The number of rotatable bonds is 3. The lowest BCUT2D eigenvalue weighted by atomic mass is 10.1. The maximum atomic E-state index is 4.23. The van der Waals surface area contributed by atoms with Gasteiger partial charge in [-0.3, -0.25) is 0 Å². The number of nitrogens with one attached hydrogen (secondary N) is 1. The van der Waals surface area contributed by atoms with Gasteiger partial charge >= 0.3 is 0 Å².